The van der Waals surface area contributed by atoms with Crippen LogP contribution in [0.5, 0.6) is 0 Å². The lowest BCUT2D eigenvalue weighted by atomic mass is 10.2. The Morgan fingerprint density at radius 2 is 1.92 bits per heavy atom. The van der Waals surface area contributed by atoms with Crippen LogP contribution >= 0.6 is 0 Å². The lowest BCUT2D eigenvalue weighted by molar-refractivity contribution is 0.102. The van der Waals surface area contributed by atoms with Crippen LogP contribution in [0.4, 0.5) is 23.4 Å². The molecule has 0 aliphatic rings. The zero-order chi connectivity index (χ0) is 18.1. The van der Waals surface area contributed by atoms with Gasteiger partial charge in [-0.2, -0.15) is 0 Å². The average molecular weight is 354 g/mol. The Bertz CT molecular complexity index is 997. The molecule has 0 bridgehead atoms. The molecule has 1 amide bonds. The molecule has 25 heavy (non-hydrogen) atoms. The second-order valence-corrected chi connectivity index (χ2v) is 5.06. The standard InChI is InChI=1S/C15H10F4N4O2/c16-13(17)8-2-1-3-11(20-8)22-15(25)7-5-23-6-9(14(18)19)21-12(23)4-10(7)24/h1-6,13-14,21H,(H,20,22,25). The highest BCUT2D eigenvalue weighted by molar-refractivity contribution is 6.03. The maximum atomic E-state index is 12.7. The highest BCUT2D eigenvalue weighted by Gasteiger charge is 2.16. The number of hydrogen-bond acceptors (Lipinski definition) is 3. The highest BCUT2D eigenvalue weighted by atomic mass is 19.3. The van der Waals surface area contributed by atoms with E-state index in [2.05, 4.69) is 15.3 Å². The number of nitrogens with one attached hydrogen (secondary N) is 2. The SMILES string of the molecule is O=C(Nc1cccc(C(F)F)n1)c1cn2cc(C(F)F)[nH]c2cc1=O. The number of fused-ring (bicyclic) bond motifs is 1. The number of H-pyrrole nitrogens is 1. The number of aromatic nitrogens is 3. The molecule has 2 N–H and O–H groups in total. The summed E-state index contributed by atoms with van der Waals surface area (Å²) in [6, 6.07) is 4.64. The van der Waals surface area contributed by atoms with E-state index in [1.807, 2.05) is 0 Å². The van der Waals surface area contributed by atoms with Crippen LogP contribution in [0, 0.1) is 0 Å². The fourth-order valence-electron chi connectivity index (χ4n) is 2.19. The Labute approximate surface area is 137 Å². The number of imidazole rings is 1. The molecule has 0 saturated carbocycles. The van der Waals surface area contributed by atoms with Crippen LogP contribution < -0.4 is 10.7 Å². The van der Waals surface area contributed by atoms with Gasteiger partial charge in [0.15, 0.2) is 5.43 Å². The first-order chi connectivity index (χ1) is 11.8. The van der Waals surface area contributed by atoms with E-state index in [-0.39, 0.29) is 17.0 Å². The third-order valence-corrected chi connectivity index (χ3v) is 3.35. The predicted octanol–water partition coefficient (Wildman–Crippen LogP) is 3.15. The van der Waals surface area contributed by atoms with Gasteiger partial charge < -0.3 is 14.7 Å². The van der Waals surface area contributed by atoms with Crippen molar-refractivity contribution in [3.63, 3.8) is 0 Å². The minimum absolute atomic E-state index is 0.0923. The smallest absolute Gasteiger partial charge is 0.280 e. The van der Waals surface area contributed by atoms with Gasteiger partial charge in [-0.3, -0.25) is 9.59 Å². The number of nitrogens with zero attached hydrogens (tertiary/aromatic N) is 2. The van der Waals surface area contributed by atoms with Gasteiger partial charge in [0.2, 0.25) is 0 Å². The maximum absolute atomic E-state index is 12.7. The van der Waals surface area contributed by atoms with Gasteiger partial charge >= 0.3 is 0 Å². The van der Waals surface area contributed by atoms with Crippen molar-refractivity contribution < 1.29 is 22.4 Å². The second kappa shape index (κ2) is 6.38. The molecule has 10 heteroatoms. The summed E-state index contributed by atoms with van der Waals surface area (Å²) in [6.07, 6.45) is -3.46. The number of carbonyl (C=O) groups is 1. The molecule has 0 atom stereocenters. The molecule has 0 spiro atoms. The largest absolute Gasteiger partial charge is 0.339 e. The number of hydrogen-bond donors (Lipinski definition) is 2. The van der Waals surface area contributed by atoms with Crippen molar-refractivity contribution in [1.29, 1.82) is 0 Å². The molecule has 3 aromatic heterocycles. The molecule has 3 aromatic rings. The summed E-state index contributed by atoms with van der Waals surface area (Å²) in [5.41, 5.74) is -1.91. The topological polar surface area (TPSA) is 79.3 Å². The monoisotopic (exact) mass is 354 g/mol. The van der Waals surface area contributed by atoms with E-state index in [1.54, 1.807) is 0 Å². The van der Waals surface area contributed by atoms with E-state index in [9.17, 15) is 27.2 Å². The Morgan fingerprint density at radius 1 is 1.16 bits per heavy atom. The molecule has 3 rings (SSSR count). The van der Waals surface area contributed by atoms with Crippen LogP contribution in [-0.2, 0) is 0 Å². The van der Waals surface area contributed by atoms with Crippen LogP contribution in [0.1, 0.15) is 34.6 Å². The van der Waals surface area contributed by atoms with Crippen molar-refractivity contribution in [3.05, 3.63) is 63.8 Å². The van der Waals surface area contributed by atoms with Crippen molar-refractivity contribution in [1.82, 2.24) is 14.4 Å². The van der Waals surface area contributed by atoms with Gasteiger partial charge in [0, 0.05) is 18.5 Å². The number of carbonyl (C=O) groups excluding carboxylic acids is 1. The third-order valence-electron chi connectivity index (χ3n) is 3.35. The minimum Gasteiger partial charge on any atom is -0.339 e. The van der Waals surface area contributed by atoms with Crippen molar-refractivity contribution in [2.75, 3.05) is 5.32 Å². The average Bonchev–Trinajstić information content (AvgIpc) is 2.97. The van der Waals surface area contributed by atoms with Crippen molar-refractivity contribution in [2.24, 2.45) is 0 Å². The van der Waals surface area contributed by atoms with E-state index in [0.717, 1.165) is 24.5 Å². The molecular formula is C15H10F4N4O2. The number of halogens is 4. The first kappa shape index (κ1) is 16.7. The van der Waals surface area contributed by atoms with Gasteiger partial charge in [0.1, 0.15) is 28.4 Å². The molecule has 0 aromatic carbocycles. The lowest BCUT2D eigenvalue weighted by Gasteiger charge is -2.06. The van der Waals surface area contributed by atoms with Crippen molar-refractivity contribution >= 4 is 17.4 Å². The molecule has 0 fully saturated rings. The highest BCUT2D eigenvalue weighted by Crippen LogP contribution is 2.19. The number of aromatic amines is 1. The van der Waals surface area contributed by atoms with Gasteiger partial charge in [0.05, 0.1) is 0 Å². The number of anilines is 1. The molecule has 3 heterocycles. The van der Waals surface area contributed by atoms with Crippen molar-refractivity contribution in [2.45, 2.75) is 12.9 Å². The van der Waals surface area contributed by atoms with Crippen molar-refractivity contribution in [3.8, 4) is 0 Å². The van der Waals surface area contributed by atoms with E-state index < -0.39 is 35.6 Å². The summed E-state index contributed by atoms with van der Waals surface area (Å²) in [7, 11) is 0. The maximum Gasteiger partial charge on any atom is 0.280 e. The van der Waals surface area contributed by atoms with Gasteiger partial charge in [-0.1, -0.05) is 6.07 Å². The Balaban J connectivity index is 1.92. The fourth-order valence-corrected chi connectivity index (χ4v) is 2.19. The van der Waals surface area contributed by atoms with Crippen LogP contribution in [-0.4, -0.2) is 20.3 Å². The van der Waals surface area contributed by atoms with Crippen LogP contribution in [0.3, 0.4) is 0 Å². The van der Waals surface area contributed by atoms with Crippen LogP contribution in [0.25, 0.3) is 5.65 Å². The normalized spacial score (nSPS) is 11.4. The number of amides is 1. The Hall–Kier alpha value is -3.17. The molecule has 0 aliphatic carbocycles. The first-order valence-corrected chi connectivity index (χ1v) is 6.94. The molecule has 0 unspecified atom stereocenters. The van der Waals surface area contributed by atoms with Gasteiger partial charge in [-0.05, 0) is 12.1 Å². The summed E-state index contributed by atoms with van der Waals surface area (Å²) in [4.78, 5) is 30.1. The molecular weight excluding hydrogens is 344 g/mol. The summed E-state index contributed by atoms with van der Waals surface area (Å²) < 4.78 is 51.8. The summed E-state index contributed by atoms with van der Waals surface area (Å²) in [5.74, 6) is -1.05. The number of pyridine rings is 2. The Kier molecular flexibility index (Phi) is 4.26. The number of rotatable bonds is 4. The predicted molar refractivity (Wildman–Crippen MR) is 80.1 cm³/mol. The number of alkyl halides is 4. The molecule has 0 radical (unpaired) electrons. The zero-order valence-corrected chi connectivity index (χ0v) is 12.3. The van der Waals surface area contributed by atoms with E-state index in [0.29, 0.717) is 0 Å². The quantitative estimate of drug-likeness (QED) is 0.707. The summed E-state index contributed by atoms with van der Waals surface area (Å²) in [6.45, 7) is 0. The van der Waals surface area contributed by atoms with E-state index >= 15 is 0 Å². The van der Waals surface area contributed by atoms with Gasteiger partial charge in [0.25, 0.3) is 18.8 Å². The van der Waals surface area contributed by atoms with E-state index in [1.165, 1.54) is 16.5 Å². The Morgan fingerprint density at radius 3 is 2.60 bits per heavy atom. The summed E-state index contributed by atoms with van der Waals surface area (Å²) in [5, 5.41) is 2.23. The van der Waals surface area contributed by atoms with Crippen LogP contribution in [0.2, 0.25) is 0 Å². The molecule has 130 valence electrons. The lowest BCUT2D eigenvalue weighted by Crippen LogP contribution is -2.22. The zero-order valence-electron chi connectivity index (χ0n) is 12.3. The van der Waals surface area contributed by atoms with Gasteiger partial charge in [-0.15, -0.1) is 0 Å². The van der Waals surface area contributed by atoms with Crippen LogP contribution in [0.15, 0.2) is 41.5 Å². The summed E-state index contributed by atoms with van der Waals surface area (Å²) >= 11 is 0. The molecule has 6 nitrogen and oxygen atoms in total. The first-order valence-electron chi connectivity index (χ1n) is 6.94. The third kappa shape index (κ3) is 3.37. The van der Waals surface area contributed by atoms with Gasteiger partial charge in [-0.25, -0.2) is 22.5 Å². The molecule has 0 saturated heterocycles. The fraction of sp³-hybridized carbons (Fsp3) is 0.133. The van der Waals surface area contributed by atoms with E-state index in [4.69, 9.17) is 0 Å². The minimum atomic E-state index is -2.81. The molecule has 0 aliphatic heterocycles. The second-order valence-electron chi connectivity index (χ2n) is 5.06.